The Labute approximate surface area is 118 Å². The standard InChI is InChI=1S/C15H17ClN2O/c1-2-3-4-11-5-7-13(8-6-11)18-15(19)14-9-12(16)10-17-14/h5-10,17H,2-4H2,1H3,(H,18,19). The Bertz CT molecular complexity index is 546. The number of H-pyrrole nitrogens is 1. The minimum atomic E-state index is -0.187. The minimum Gasteiger partial charge on any atom is -0.356 e. The number of carbonyl (C=O) groups is 1. The molecule has 1 heterocycles. The van der Waals surface area contributed by atoms with E-state index in [9.17, 15) is 4.79 Å². The van der Waals surface area contributed by atoms with Crippen LogP contribution in [-0.4, -0.2) is 10.9 Å². The lowest BCUT2D eigenvalue weighted by Gasteiger charge is -2.05. The van der Waals surface area contributed by atoms with Crippen molar-refractivity contribution in [3.05, 3.63) is 52.8 Å². The lowest BCUT2D eigenvalue weighted by atomic mass is 10.1. The normalized spacial score (nSPS) is 10.4. The van der Waals surface area contributed by atoms with Crippen molar-refractivity contribution in [3.8, 4) is 0 Å². The molecule has 0 unspecified atom stereocenters. The molecule has 4 heteroatoms. The van der Waals surface area contributed by atoms with Gasteiger partial charge in [0.05, 0.1) is 5.02 Å². The maximum Gasteiger partial charge on any atom is 0.272 e. The van der Waals surface area contributed by atoms with Crippen molar-refractivity contribution in [1.29, 1.82) is 0 Å². The largest absolute Gasteiger partial charge is 0.356 e. The number of amides is 1. The Balaban J connectivity index is 1.97. The first-order chi connectivity index (χ1) is 9.19. The quantitative estimate of drug-likeness (QED) is 0.842. The maximum atomic E-state index is 11.9. The molecule has 0 aliphatic heterocycles. The molecule has 1 aromatic carbocycles. The van der Waals surface area contributed by atoms with Crippen LogP contribution in [0.4, 0.5) is 5.69 Å². The molecule has 100 valence electrons. The summed E-state index contributed by atoms with van der Waals surface area (Å²) in [5.41, 5.74) is 2.54. The lowest BCUT2D eigenvalue weighted by molar-refractivity contribution is 0.102. The summed E-state index contributed by atoms with van der Waals surface area (Å²) < 4.78 is 0. The zero-order valence-electron chi connectivity index (χ0n) is 10.9. The molecule has 3 nitrogen and oxygen atoms in total. The summed E-state index contributed by atoms with van der Waals surface area (Å²) in [6, 6.07) is 9.55. The summed E-state index contributed by atoms with van der Waals surface area (Å²) >= 11 is 5.77. The van der Waals surface area contributed by atoms with Gasteiger partial charge in [0, 0.05) is 11.9 Å². The number of aryl methyl sites for hydroxylation is 1. The fraction of sp³-hybridized carbons (Fsp3) is 0.267. The Morgan fingerprint density at radius 3 is 2.63 bits per heavy atom. The second kappa shape index (κ2) is 6.43. The molecule has 0 radical (unpaired) electrons. The highest BCUT2D eigenvalue weighted by Gasteiger charge is 2.08. The number of aromatic amines is 1. The zero-order valence-corrected chi connectivity index (χ0v) is 11.6. The zero-order chi connectivity index (χ0) is 13.7. The second-order valence-electron chi connectivity index (χ2n) is 4.49. The summed E-state index contributed by atoms with van der Waals surface area (Å²) in [6.45, 7) is 2.18. The maximum absolute atomic E-state index is 11.9. The molecule has 1 amide bonds. The Morgan fingerprint density at radius 2 is 2.05 bits per heavy atom. The van der Waals surface area contributed by atoms with Crippen LogP contribution in [0.1, 0.15) is 35.8 Å². The van der Waals surface area contributed by atoms with Crippen molar-refractivity contribution in [3.63, 3.8) is 0 Å². The number of nitrogens with one attached hydrogen (secondary N) is 2. The van der Waals surface area contributed by atoms with Crippen LogP contribution in [0.2, 0.25) is 5.02 Å². The number of carbonyl (C=O) groups excluding carboxylic acids is 1. The van der Waals surface area contributed by atoms with E-state index in [2.05, 4.69) is 17.2 Å². The van der Waals surface area contributed by atoms with E-state index in [0.717, 1.165) is 12.1 Å². The molecule has 0 bridgehead atoms. The molecular weight excluding hydrogens is 260 g/mol. The molecule has 1 aromatic heterocycles. The van der Waals surface area contributed by atoms with Crippen molar-refractivity contribution in [2.75, 3.05) is 5.32 Å². The number of hydrogen-bond donors (Lipinski definition) is 2. The molecule has 0 saturated carbocycles. The Hall–Kier alpha value is -1.74. The van der Waals surface area contributed by atoms with Crippen LogP contribution < -0.4 is 5.32 Å². The summed E-state index contributed by atoms with van der Waals surface area (Å²) in [5, 5.41) is 3.35. The smallest absolute Gasteiger partial charge is 0.272 e. The van der Waals surface area contributed by atoms with Gasteiger partial charge >= 0.3 is 0 Å². The number of anilines is 1. The van der Waals surface area contributed by atoms with Gasteiger partial charge in [0.2, 0.25) is 0 Å². The van der Waals surface area contributed by atoms with Crippen LogP contribution in [0.3, 0.4) is 0 Å². The van der Waals surface area contributed by atoms with Gasteiger partial charge in [-0.3, -0.25) is 4.79 Å². The molecule has 0 atom stereocenters. The van der Waals surface area contributed by atoms with Crippen LogP contribution in [0, 0.1) is 0 Å². The average molecular weight is 277 g/mol. The lowest BCUT2D eigenvalue weighted by Crippen LogP contribution is -2.12. The molecule has 0 spiro atoms. The first-order valence-electron chi connectivity index (χ1n) is 6.43. The molecule has 19 heavy (non-hydrogen) atoms. The van der Waals surface area contributed by atoms with Gasteiger partial charge in [-0.2, -0.15) is 0 Å². The van der Waals surface area contributed by atoms with E-state index in [1.54, 1.807) is 12.3 Å². The number of benzene rings is 1. The first kappa shape index (κ1) is 13.7. The van der Waals surface area contributed by atoms with Crippen LogP contribution in [-0.2, 0) is 6.42 Å². The van der Waals surface area contributed by atoms with E-state index in [-0.39, 0.29) is 5.91 Å². The molecule has 0 fully saturated rings. The predicted octanol–water partition coefficient (Wildman–Crippen LogP) is 4.26. The second-order valence-corrected chi connectivity index (χ2v) is 4.92. The fourth-order valence-corrected chi connectivity index (χ4v) is 2.00. The van der Waals surface area contributed by atoms with E-state index < -0.39 is 0 Å². The highest BCUT2D eigenvalue weighted by molar-refractivity contribution is 6.31. The number of halogens is 1. The summed E-state index contributed by atoms with van der Waals surface area (Å²) in [6.07, 6.45) is 5.04. The van der Waals surface area contributed by atoms with E-state index in [1.165, 1.54) is 18.4 Å². The van der Waals surface area contributed by atoms with Gasteiger partial charge in [-0.25, -0.2) is 0 Å². The van der Waals surface area contributed by atoms with Crippen molar-refractivity contribution < 1.29 is 4.79 Å². The molecule has 2 rings (SSSR count). The molecule has 2 N–H and O–H groups in total. The van der Waals surface area contributed by atoms with Crippen LogP contribution in [0.15, 0.2) is 36.5 Å². The van der Waals surface area contributed by atoms with Crippen molar-refractivity contribution in [2.24, 2.45) is 0 Å². The first-order valence-corrected chi connectivity index (χ1v) is 6.81. The van der Waals surface area contributed by atoms with E-state index in [1.807, 2.05) is 24.3 Å². The van der Waals surface area contributed by atoms with Crippen LogP contribution in [0.25, 0.3) is 0 Å². The third-order valence-electron chi connectivity index (χ3n) is 2.92. The van der Waals surface area contributed by atoms with E-state index >= 15 is 0 Å². The highest BCUT2D eigenvalue weighted by Crippen LogP contribution is 2.14. The van der Waals surface area contributed by atoms with Gasteiger partial charge < -0.3 is 10.3 Å². The van der Waals surface area contributed by atoms with Crippen molar-refractivity contribution in [1.82, 2.24) is 4.98 Å². The SMILES string of the molecule is CCCCc1ccc(NC(=O)c2cc(Cl)c[nH]2)cc1. The van der Waals surface area contributed by atoms with Crippen molar-refractivity contribution in [2.45, 2.75) is 26.2 Å². The molecular formula is C15H17ClN2O. The number of unbranched alkanes of at least 4 members (excludes halogenated alkanes) is 1. The molecule has 2 aromatic rings. The van der Waals surface area contributed by atoms with E-state index in [0.29, 0.717) is 10.7 Å². The predicted molar refractivity (Wildman–Crippen MR) is 78.8 cm³/mol. The van der Waals surface area contributed by atoms with Crippen molar-refractivity contribution >= 4 is 23.2 Å². The molecule has 0 aliphatic carbocycles. The number of hydrogen-bond acceptors (Lipinski definition) is 1. The minimum absolute atomic E-state index is 0.187. The number of aromatic nitrogens is 1. The summed E-state index contributed by atoms with van der Waals surface area (Å²) in [5.74, 6) is -0.187. The van der Waals surface area contributed by atoms with E-state index in [4.69, 9.17) is 11.6 Å². The average Bonchev–Trinajstić information content (AvgIpc) is 2.85. The monoisotopic (exact) mass is 276 g/mol. The molecule has 0 saturated heterocycles. The number of rotatable bonds is 5. The highest BCUT2D eigenvalue weighted by atomic mass is 35.5. The van der Waals surface area contributed by atoms with Gasteiger partial charge in [0.1, 0.15) is 5.69 Å². The van der Waals surface area contributed by atoms with Crippen LogP contribution in [0.5, 0.6) is 0 Å². The Kier molecular flexibility index (Phi) is 4.63. The van der Waals surface area contributed by atoms with Gasteiger partial charge in [0.25, 0.3) is 5.91 Å². The summed E-state index contributed by atoms with van der Waals surface area (Å²) in [4.78, 5) is 14.7. The van der Waals surface area contributed by atoms with Gasteiger partial charge in [-0.1, -0.05) is 37.1 Å². The fourth-order valence-electron chi connectivity index (χ4n) is 1.83. The third kappa shape index (κ3) is 3.86. The van der Waals surface area contributed by atoms with Gasteiger partial charge in [0.15, 0.2) is 0 Å². The molecule has 0 aliphatic rings. The van der Waals surface area contributed by atoms with Gasteiger partial charge in [-0.05, 0) is 36.6 Å². The van der Waals surface area contributed by atoms with Crippen LogP contribution >= 0.6 is 11.6 Å². The third-order valence-corrected chi connectivity index (χ3v) is 3.14. The Morgan fingerprint density at radius 1 is 1.32 bits per heavy atom. The topological polar surface area (TPSA) is 44.9 Å². The summed E-state index contributed by atoms with van der Waals surface area (Å²) in [7, 11) is 0. The van der Waals surface area contributed by atoms with Gasteiger partial charge in [-0.15, -0.1) is 0 Å².